The zero-order valence-corrected chi connectivity index (χ0v) is 13.3. The topological polar surface area (TPSA) is 50.7 Å². The lowest BCUT2D eigenvalue weighted by Gasteiger charge is -2.16. The van der Waals surface area contributed by atoms with Gasteiger partial charge in [-0.05, 0) is 18.6 Å². The Morgan fingerprint density at radius 2 is 2.00 bits per heavy atom. The van der Waals surface area contributed by atoms with Crippen molar-refractivity contribution in [2.75, 3.05) is 5.32 Å². The second-order valence-corrected chi connectivity index (χ2v) is 6.09. The van der Waals surface area contributed by atoms with Crippen molar-refractivity contribution in [2.24, 2.45) is 0 Å². The maximum atomic E-state index is 12.5. The van der Waals surface area contributed by atoms with Gasteiger partial charge in [-0.2, -0.15) is 13.2 Å². The first-order valence-corrected chi connectivity index (χ1v) is 7.79. The minimum atomic E-state index is -4.45. The lowest BCUT2D eigenvalue weighted by Crippen LogP contribution is -2.11. The number of thiophene rings is 1. The molecule has 1 atom stereocenters. The highest BCUT2D eigenvalue weighted by Crippen LogP contribution is 2.34. The predicted octanol–water partition coefficient (Wildman–Crippen LogP) is 4.93. The zero-order valence-electron chi connectivity index (χ0n) is 11.7. The summed E-state index contributed by atoms with van der Waals surface area (Å²) in [7, 11) is 0. The summed E-state index contributed by atoms with van der Waals surface area (Å²) in [5.41, 5.74) is -0.310. The first-order chi connectivity index (χ1) is 10.9. The van der Waals surface area contributed by atoms with E-state index >= 15 is 0 Å². The van der Waals surface area contributed by atoms with Gasteiger partial charge < -0.3 is 5.32 Å². The van der Waals surface area contributed by atoms with E-state index in [0.29, 0.717) is 21.8 Å². The summed E-state index contributed by atoms with van der Waals surface area (Å²) in [5.74, 6) is 0.536. The standard InChI is InChI=1S/C14H10ClF3N4S/c1-7(8-2-3-10(19-4-8)14(16,17)18)22-12-11-9(15)5-23-13(11)21-6-20-12/h2-7H,1H3,(H,20,21,22). The number of pyridine rings is 1. The monoisotopic (exact) mass is 358 g/mol. The molecule has 0 aliphatic rings. The molecule has 4 nitrogen and oxygen atoms in total. The largest absolute Gasteiger partial charge is 0.433 e. The summed E-state index contributed by atoms with van der Waals surface area (Å²) >= 11 is 7.53. The molecule has 3 rings (SSSR count). The zero-order chi connectivity index (χ0) is 16.6. The van der Waals surface area contributed by atoms with E-state index in [2.05, 4.69) is 20.3 Å². The fraction of sp³-hybridized carbons (Fsp3) is 0.214. The van der Waals surface area contributed by atoms with Crippen molar-refractivity contribution < 1.29 is 13.2 Å². The Kier molecular flexibility index (Phi) is 4.11. The first kappa shape index (κ1) is 15.9. The molecule has 3 heterocycles. The maximum absolute atomic E-state index is 12.5. The number of aromatic nitrogens is 3. The van der Waals surface area contributed by atoms with Crippen LogP contribution in [0.2, 0.25) is 5.02 Å². The van der Waals surface area contributed by atoms with Crippen LogP contribution in [0.25, 0.3) is 10.2 Å². The maximum Gasteiger partial charge on any atom is 0.433 e. The minimum absolute atomic E-state index is 0.293. The molecule has 0 saturated carbocycles. The van der Waals surface area contributed by atoms with E-state index in [-0.39, 0.29) is 6.04 Å². The normalized spacial score (nSPS) is 13.3. The summed E-state index contributed by atoms with van der Waals surface area (Å²) < 4.78 is 37.6. The number of rotatable bonds is 3. The van der Waals surface area contributed by atoms with Gasteiger partial charge in [0.1, 0.15) is 22.7 Å². The van der Waals surface area contributed by atoms with Gasteiger partial charge in [-0.3, -0.25) is 4.98 Å². The fourth-order valence-electron chi connectivity index (χ4n) is 2.07. The molecule has 23 heavy (non-hydrogen) atoms. The molecule has 0 aliphatic carbocycles. The quantitative estimate of drug-likeness (QED) is 0.721. The molecule has 0 bridgehead atoms. The van der Waals surface area contributed by atoms with Crippen LogP contribution in [0.1, 0.15) is 24.2 Å². The van der Waals surface area contributed by atoms with Crippen LogP contribution < -0.4 is 5.32 Å². The van der Waals surface area contributed by atoms with Gasteiger partial charge in [0.05, 0.1) is 16.5 Å². The van der Waals surface area contributed by atoms with Crippen molar-refractivity contribution in [3.05, 3.63) is 46.3 Å². The Labute approximate surface area is 138 Å². The molecule has 0 aromatic carbocycles. The van der Waals surface area contributed by atoms with Crippen LogP contribution in [0.4, 0.5) is 19.0 Å². The fourth-order valence-corrected chi connectivity index (χ4v) is 3.20. The number of anilines is 1. The molecule has 1 N–H and O–H groups in total. The smallest absolute Gasteiger partial charge is 0.363 e. The molecule has 0 fully saturated rings. The average molecular weight is 359 g/mol. The third-order valence-corrected chi connectivity index (χ3v) is 4.57. The average Bonchev–Trinajstić information content (AvgIpc) is 2.89. The molecule has 0 aliphatic heterocycles. The van der Waals surface area contributed by atoms with Gasteiger partial charge in [0.25, 0.3) is 0 Å². The highest BCUT2D eigenvalue weighted by molar-refractivity contribution is 7.17. The summed E-state index contributed by atoms with van der Waals surface area (Å²) in [6.07, 6.45) is -1.83. The second kappa shape index (κ2) is 5.93. The Morgan fingerprint density at radius 1 is 1.22 bits per heavy atom. The van der Waals surface area contributed by atoms with E-state index in [4.69, 9.17) is 11.6 Å². The third-order valence-electron chi connectivity index (χ3n) is 3.26. The van der Waals surface area contributed by atoms with Crippen molar-refractivity contribution in [1.82, 2.24) is 15.0 Å². The van der Waals surface area contributed by atoms with Gasteiger partial charge in [-0.1, -0.05) is 17.7 Å². The molecular weight excluding hydrogens is 349 g/mol. The molecule has 0 radical (unpaired) electrons. The van der Waals surface area contributed by atoms with Gasteiger partial charge in [0.2, 0.25) is 0 Å². The Hall–Kier alpha value is -1.93. The highest BCUT2D eigenvalue weighted by atomic mass is 35.5. The molecule has 9 heteroatoms. The van der Waals surface area contributed by atoms with E-state index in [9.17, 15) is 13.2 Å². The Balaban J connectivity index is 1.86. The molecule has 1 unspecified atom stereocenters. The SMILES string of the molecule is CC(Nc1ncnc2scc(Cl)c12)c1ccc(C(F)(F)F)nc1. The first-order valence-electron chi connectivity index (χ1n) is 6.53. The van der Waals surface area contributed by atoms with Crippen molar-refractivity contribution in [3.63, 3.8) is 0 Å². The number of hydrogen-bond acceptors (Lipinski definition) is 5. The van der Waals surface area contributed by atoms with Crippen LogP contribution in [-0.4, -0.2) is 15.0 Å². The lowest BCUT2D eigenvalue weighted by atomic mass is 10.1. The number of fused-ring (bicyclic) bond motifs is 1. The summed E-state index contributed by atoms with van der Waals surface area (Å²) in [5, 5.41) is 6.13. The van der Waals surface area contributed by atoms with Crippen molar-refractivity contribution in [2.45, 2.75) is 19.1 Å². The van der Waals surface area contributed by atoms with E-state index in [1.807, 2.05) is 0 Å². The van der Waals surface area contributed by atoms with Crippen molar-refractivity contribution in [3.8, 4) is 0 Å². The van der Waals surface area contributed by atoms with Crippen LogP contribution >= 0.6 is 22.9 Å². The summed E-state index contributed by atoms with van der Waals surface area (Å²) in [4.78, 5) is 12.5. The van der Waals surface area contributed by atoms with E-state index in [0.717, 1.165) is 10.9 Å². The van der Waals surface area contributed by atoms with Crippen LogP contribution in [0.5, 0.6) is 0 Å². The van der Waals surface area contributed by atoms with Crippen molar-refractivity contribution >= 4 is 39.0 Å². The van der Waals surface area contributed by atoms with E-state index in [1.54, 1.807) is 12.3 Å². The molecular formula is C14H10ClF3N4S. The van der Waals surface area contributed by atoms with Gasteiger partial charge in [-0.15, -0.1) is 11.3 Å². The van der Waals surface area contributed by atoms with Gasteiger partial charge >= 0.3 is 6.18 Å². The second-order valence-electron chi connectivity index (χ2n) is 4.83. The molecule has 0 spiro atoms. The van der Waals surface area contributed by atoms with E-state index in [1.165, 1.54) is 29.9 Å². The molecule has 3 aromatic heterocycles. The molecule has 0 amide bonds. The Morgan fingerprint density at radius 3 is 2.65 bits per heavy atom. The van der Waals surface area contributed by atoms with Crippen LogP contribution in [-0.2, 0) is 6.18 Å². The number of halogens is 4. The molecule has 3 aromatic rings. The highest BCUT2D eigenvalue weighted by Gasteiger charge is 2.32. The summed E-state index contributed by atoms with van der Waals surface area (Å²) in [6.45, 7) is 1.80. The number of nitrogens with one attached hydrogen (secondary N) is 1. The number of alkyl halides is 3. The van der Waals surface area contributed by atoms with Crippen LogP contribution in [0.15, 0.2) is 30.0 Å². The van der Waals surface area contributed by atoms with Gasteiger partial charge in [0.15, 0.2) is 0 Å². The number of nitrogens with zero attached hydrogens (tertiary/aromatic N) is 3. The van der Waals surface area contributed by atoms with E-state index < -0.39 is 11.9 Å². The number of hydrogen-bond donors (Lipinski definition) is 1. The Bertz CT molecular complexity index is 832. The van der Waals surface area contributed by atoms with Gasteiger partial charge in [-0.25, -0.2) is 9.97 Å². The van der Waals surface area contributed by atoms with Gasteiger partial charge in [0, 0.05) is 11.6 Å². The lowest BCUT2D eigenvalue weighted by molar-refractivity contribution is -0.141. The molecule has 120 valence electrons. The minimum Gasteiger partial charge on any atom is -0.363 e. The third kappa shape index (κ3) is 3.23. The van der Waals surface area contributed by atoms with Crippen LogP contribution in [0.3, 0.4) is 0 Å². The van der Waals surface area contributed by atoms with Crippen LogP contribution in [0, 0.1) is 0 Å². The molecule has 0 saturated heterocycles. The predicted molar refractivity (Wildman–Crippen MR) is 83.7 cm³/mol. The summed E-state index contributed by atoms with van der Waals surface area (Å²) in [6, 6.07) is 2.06. The van der Waals surface area contributed by atoms with Crippen molar-refractivity contribution in [1.29, 1.82) is 0 Å².